The number of piperidine rings is 1. The molecular weight excluding hydrogens is 262 g/mol. The fourth-order valence-electron chi connectivity index (χ4n) is 2.83. The molecule has 1 aromatic rings. The summed E-state index contributed by atoms with van der Waals surface area (Å²) in [7, 11) is 1.93. The van der Waals surface area contributed by atoms with Crippen molar-refractivity contribution in [3.63, 3.8) is 0 Å². The van der Waals surface area contributed by atoms with E-state index in [0.717, 1.165) is 37.2 Å². The number of benzene rings is 1. The van der Waals surface area contributed by atoms with Crippen LogP contribution in [0.1, 0.15) is 35.2 Å². The van der Waals surface area contributed by atoms with Crippen LogP contribution in [0.3, 0.4) is 0 Å². The normalized spacial score (nSPS) is 15.9. The summed E-state index contributed by atoms with van der Waals surface area (Å²) in [5.74, 6) is 0.0544. The van der Waals surface area contributed by atoms with Crippen LogP contribution in [-0.2, 0) is 6.42 Å². The monoisotopic (exact) mass is 289 g/mol. The maximum absolute atomic E-state index is 12.3. The summed E-state index contributed by atoms with van der Waals surface area (Å²) in [5.41, 5.74) is 1.92. The van der Waals surface area contributed by atoms with E-state index in [1.165, 1.54) is 32.4 Å². The Morgan fingerprint density at radius 3 is 2.67 bits per heavy atom. The summed E-state index contributed by atoms with van der Waals surface area (Å²) in [4.78, 5) is 14.8. The van der Waals surface area contributed by atoms with Crippen molar-refractivity contribution >= 4 is 5.91 Å². The fourth-order valence-corrected chi connectivity index (χ4v) is 2.83. The Bertz CT molecular complexity index is 441. The molecule has 0 bridgehead atoms. The first-order chi connectivity index (χ1) is 10.3. The van der Waals surface area contributed by atoms with Crippen LogP contribution < -0.4 is 10.6 Å². The SMILES string of the molecule is CNCCc1ccccc1C(=O)NCCN1CCCCC1. The van der Waals surface area contributed by atoms with E-state index in [2.05, 4.69) is 15.5 Å². The van der Waals surface area contributed by atoms with Gasteiger partial charge in [-0.05, 0) is 57.6 Å². The van der Waals surface area contributed by atoms with Crippen LogP contribution in [0.15, 0.2) is 24.3 Å². The minimum Gasteiger partial charge on any atom is -0.351 e. The standard InChI is InChI=1S/C17H27N3O/c1-18-10-9-15-7-3-4-8-16(15)17(21)19-11-14-20-12-5-2-6-13-20/h3-4,7-8,18H,2,5-6,9-14H2,1H3,(H,19,21). The number of hydrogen-bond acceptors (Lipinski definition) is 3. The van der Waals surface area contributed by atoms with Crippen LogP contribution in [0, 0.1) is 0 Å². The van der Waals surface area contributed by atoms with Crippen molar-refractivity contribution in [2.24, 2.45) is 0 Å². The number of amides is 1. The average Bonchev–Trinajstić information content (AvgIpc) is 2.54. The van der Waals surface area contributed by atoms with Crippen LogP contribution in [0.4, 0.5) is 0 Å². The Morgan fingerprint density at radius 1 is 1.14 bits per heavy atom. The molecule has 0 atom stereocenters. The highest BCUT2D eigenvalue weighted by atomic mass is 16.1. The van der Waals surface area contributed by atoms with E-state index in [9.17, 15) is 4.79 Å². The third-order valence-corrected chi connectivity index (χ3v) is 4.07. The van der Waals surface area contributed by atoms with E-state index < -0.39 is 0 Å². The maximum Gasteiger partial charge on any atom is 0.251 e. The topological polar surface area (TPSA) is 44.4 Å². The van der Waals surface area contributed by atoms with Gasteiger partial charge in [-0.1, -0.05) is 24.6 Å². The van der Waals surface area contributed by atoms with Gasteiger partial charge in [-0.3, -0.25) is 4.79 Å². The minimum absolute atomic E-state index is 0.0544. The number of carbonyl (C=O) groups excluding carboxylic acids is 1. The Hall–Kier alpha value is -1.39. The average molecular weight is 289 g/mol. The predicted octanol–water partition coefficient (Wildman–Crippen LogP) is 1.66. The molecule has 1 aliphatic heterocycles. The second-order valence-corrected chi connectivity index (χ2v) is 5.67. The number of likely N-dealkylation sites (tertiary alicyclic amines) is 1. The molecule has 0 aromatic heterocycles. The maximum atomic E-state index is 12.3. The van der Waals surface area contributed by atoms with Crippen molar-refractivity contribution in [3.05, 3.63) is 35.4 Å². The first-order valence-electron chi connectivity index (χ1n) is 8.04. The van der Waals surface area contributed by atoms with Crippen molar-refractivity contribution < 1.29 is 4.79 Å². The molecule has 1 saturated heterocycles. The number of nitrogens with one attached hydrogen (secondary N) is 2. The first-order valence-corrected chi connectivity index (χ1v) is 8.04. The zero-order chi connectivity index (χ0) is 14.9. The second kappa shape index (κ2) is 8.80. The van der Waals surface area contributed by atoms with Crippen molar-refractivity contribution in [2.45, 2.75) is 25.7 Å². The Labute approximate surface area is 127 Å². The lowest BCUT2D eigenvalue weighted by Gasteiger charge is -2.26. The van der Waals surface area contributed by atoms with Gasteiger partial charge >= 0.3 is 0 Å². The molecule has 1 fully saturated rings. The van der Waals surface area contributed by atoms with Gasteiger partial charge in [0.2, 0.25) is 0 Å². The Balaban J connectivity index is 1.82. The molecule has 0 unspecified atom stereocenters. The molecule has 21 heavy (non-hydrogen) atoms. The van der Waals surface area contributed by atoms with Gasteiger partial charge in [0.15, 0.2) is 0 Å². The van der Waals surface area contributed by atoms with E-state index >= 15 is 0 Å². The summed E-state index contributed by atoms with van der Waals surface area (Å²) in [6.45, 7) is 4.94. The van der Waals surface area contributed by atoms with Crippen molar-refractivity contribution in [1.82, 2.24) is 15.5 Å². The van der Waals surface area contributed by atoms with Crippen LogP contribution in [0.5, 0.6) is 0 Å². The molecular formula is C17H27N3O. The van der Waals surface area contributed by atoms with Gasteiger partial charge in [-0.15, -0.1) is 0 Å². The van der Waals surface area contributed by atoms with Crippen LogP contribution >= 0.6 is 0 Å². The largest absolute Gasteiger partial charge is 0.351 e. The van der Waals surface area contributed by atoms with Gasteiger partial charge in [-0.2, -0.15) is 0 Å². The van der Waals surface area contributed by atoms with Gasteiger partial charge < -0.3 is 15.5 Å². The van der Waals surface area contributed by atoms with Gasteiger partial charge in [0, 0.05) is 18.7 Å². The van der Waals surface area contributed by atoms with Crippen LogP contribution in [0.2, 0.25) is 0 Å². The smallest absolute Gasteiger partial charge is 0.251 e. The number of hydrogen-bond donors (Lipinski definition) is 2. The molecule has 1 aromatic carbocycles. The quantitative estimate of drug-likeness (QED) is 0.802. The molecule has 0 saturated carbocycles. The number of likely N-dealkylation sites (N-methyl/N-ethyl adjacent to an activating group) is 1. The molecule has 2 N–H and O–H groups in total. The first kappa shape index (κ1) is 16.0. The number of rotatable bonds is 7. The Morgan fingerprint density at radius 2 is 1.90 bits per heavy atom. The van der Waals surface area contributed by atoms with E-state index in [4.69, 9.17) is 0 Å². The van der Waals surface area contributed by atoms with Crippen molar-refractivity contribution in [3.8, 4) is 0 Å². The summed E-state index contributed by atoms with van der Waals surface area (Å²) in [6, 6.07) is 7.88. The molecule has 4 nitrogen and oxygen atoms in total. The summed E-state index contributed by atoms with van der Waals surface area (Å²) in [6.07, 6.45) is 4.81. The highest BCUT2D eigenvalue weighted by Crippen LogP contribution is 2.10. The van der Waals surface area contributed by atoms with E-state index in [-0.39, 0.29) is 5.91 Å². The molecule has 2 rings (SSSR count). The minimum atomic E-state index is 0.0544. The zero-order valence-electron chi connectivity index (χ0n) is 13.0. The summed E-state index contributed by atoms with van der Waals surface area (Å²) >= 11 is 0. The van der Waals surface area contributed by atoms with Gasteiger partial charge in [0.25, 0.3) is 5.91 Å². The van der Waals surface area contributed by atoms with Gasteiger partial charge in [0.05, 0.1) is 0 Å². The summed E-state index contributed by atoms with van der Waals surface area (Å²) < 4.78 is 0. The third-order valence-electron chi connectivity index (χ3n) is 4.07. The van der Waals surface area contributed by atoms with Gasteiger partial charge in [0.1, 0.15) is 0 Å². The van der Waals surface area contributed by atoms with E-state index in [1.807, 2.05) is 31.3 Å². The zero-order valence-corrected chi connectivity index (χ0v) is 13.0. The number of nitrogens with zero attached hydrogens (tertiary/aromatic N) is 1. The predicted molar refractivity (Wildman–Crippen MR) is 86.7 cm³/mol. The molecule has 1 heterocycles. The third kappa shape index (κ3) is 5.14. The molecule has 1 aliphatic rings. The summed E-state index contributed by atoms with van der Waals surface area (Å²) in [5, 5.41) is 6.19. The lowest BCUT2D eigenvalue weighted by atomic mass is 10.0. The molecule has 1 amide bonds. The van der Waals surface area contributed by atoms with E-state index in [1.54, 1.807) is 0 Å². The van der Waals surface area contributed by atoms with Crippen LogP contribution in [-0.4, -0.2) is 50.6 Å². The Kier molecular flexibility index (Phi) is 6.70. The number of carbonyl (C=O) groups is 1. The molecule has 0 aliphatic carbocycles. The van der Waals surface area contributed by atoms with E-state index in [0.29, 0.717) is 0 Å². The van der Waals surface area contributed by atoms with Crippen molar-refractivity contribution in [2.75, 3.05) is 39.8 Å². The molecule has 4 heteroatoms. The molecule has 0 spiro atoms. The lowest BCUT2D eigenvalue weighted by molar-refractivity contribution is 0.0945. The molecule has 116 valence electrons. The van der Waals surface area contributed by atoms with Crippen molar-refractivity contribution in [1.29, 1.82) is 0 Å². The molecule has 0 radical (unpaired) electrons. The van der Waals surface area contributed by atoms with Crippen LogP contribution in [0.25, 0.3) is 0 Å². The highest BCUT2D eigenvalue weighted by Gasteiger charge is 2.12. The highest BCUT2D eigenvalue weighted by molar-refractivity contribution is 5.95. The lowest BCUT2D eigenvalue weighted by Crippen LogP contribution is -2.37. The second-order valence-electron chi connectivity index (χ2n) is 5.67. The fraction of sp³-hybridized carbons (Fsp3) is 0.588. The van der Waals surface area contributed by atoms with Gasteiger partial charge in [-0.25, -0.2) is 0 Å².